The van der Waals surface area contributed by atoms with E-state index in [0.717, 1.165) is 22.7 Å². The van der Waals surface area contributed by atoms with Crippen molar-refractivity contribution < 1.29 is 47.6 Å². The van der Waals surface area contributed by atoms with Crippen LogP contribution in [0.4, 0.5) is 10.0 Å². The Kier molecular flexibility index (Phi) is 13.5. The fraction of sp³-hybridized carbons (Fsp3) is 0.111. The molecule has 0 N–H and O–H groups in total. The van der Waals surface area contributed by atoms with Gasteiger partial charge in [0.1, 0.15) is 72.2 Å². The third kappa shape index (κ3) is 9.13. The van der Waals surface area contributed by atoms with E-state index in [1.807, 2.05) is 0 Å². The summed E-state index contributed by atoms with van der Waals surface area (Å²) in [5, 5.41) is 38.8. The van der Waals surface area contributed by atoms with Crippen LogP contribution >= 0.6 is 22.7 Å². The number of esters is 4. The van der Waals surface area contributed by atoms with Gasteiger partial charge in [0.15, 0.2) is 0 Å². The van der Waals surface area contributed by atoms with Crippen LogP contribution in [0.3, 0.4) is 0 Å². The minimum absolute atomic E-state index is 0.0134. The molecule has 9 rings (SSSR count). The second-order valence-electron chi connectivity index (χ2n) is 15.7. The van der Waals surface area contributed by atoms with Crippen LogP contribution in [0.5, 0.6) is 11.5 Å². The van der Waals surface area contributed by atoms with E-state index in [2.05, 4.69) is 9.98 Å². The molecule has 5 aromatic carbocycles. The van der Waals surface area contributed by atoms with Crippen LogP contribution in [0, 0.1) is 45.3 Å². The van der Waals surface area contributed by atoms with Gasteiger partial charge in [-0.15, -0.1) is 22.7 Å². The number of fused-ring (bicyclic) bond motifs is 6. The van der Waals surface area contributed by atoms with Crippen molar-refractivity contribution in [2.24, 2.45) is 9.98 Å². The molecule has 0 radical (unpaired) electrons. The predicted molar refractivity (Wildman–Crippen MR) is 259 cm³/mol. The summed E-state index contributed by atoms with van der Waals surface area (Å²) in [6.45, 7) is -1.31. The molecule has 0 atom stereocenters. The maximum absolute atomic E-state index is 15.2. The van der Waals surface area contributed by atoms with E-state index < -0.39 is 46.5 Å². The van der Waals surface area contributed by atoms with E-state index in [0.29, 0.717) is 22.3 Å². The predicted octanol–water partition coefficient (Wildman–Crippen LogP) is 9.53. The van der Waals surface area contributed by atoms with Crippen molar-refractivity contribution >= 4 is 68.0 Å². The van der Waals surface area contributed by atoms with Crippen LogP contribution in [-0.4, -0.2) is 35.3 Å². The largest absolute Gasteiger partial charge is 0.458 e. The molecule has 350 valence electrons. The second-order valence-corrected chi connectivity index (χ2v) is 17.7. The number of carbonyl (C=O) groups excluding carboxylic acids is 4. The maximum atomic E-state index is 15.2. The Hall–Kier alpha value is -9.72. The van der Waals surface area contributed by atoms with Crippen molar-refractivity contribution in [2.45, 2.75) is 37.6 Å². The lowest BCUT2D eigenvalue weighted by Crippen LogP contribution is -2.54. The van der Waals surface area contributed by atoms with E-state index >= 15 is 19.2 Å². The number of rotatable bonds is 14. The number of carbonyl (C=O) groups is 4. The van der Waals surface area contributed by atoms with Gasteiger partial charge in [-0.3, -0.25) is 0 Å². The molecule has 2 aromatic heterocycles. The number of hydrogen-bond donors (Lipinski definition) is 0. The first kappa shape index (κ1) is 47.4. The molecule has 72 heavy (non-hydrogen) atoms. The van der Waals surface area contributed by atoms with Crippen LogP contribution in [0.1, 0.15) is 33.4 Å². The van der Waals surface area contributed by atoms with Crippen molar-refractivity contribution in [3.63, 3.8) is 0 Å². The van der Waals surface area contributed by atoms with Crippen molar-refractivity contribution in [1.82, 2.24) is 0 Å². The SMILES string of the molecule is N#CC(C#N)=Nc1cc2c(s1)-c1cc3c(cc1C(C(=O)OCc1ccccc1)(C(=O)OCc1ccccc1)O2)-c1sc(N=C(C#N)C#N)cc1OC3(C(=O)OCc1ccccc1)C(=O)OCc1ccccc1. The molecule has 0 amide bonds. The summed E-state index contributed by atoms with van der Waals surface area (Å²) in [4.78, 5) is 69.4. The minimum atomic E-state index is -2.81. The molecular formula is C54H32N6O10S2. The van der Waals surface area contributed by atoms with Gasteiger partial charge in [0.2, 0.25) is 11.4 Å². The monoisotopic (exact) mass is 988 g/mol. The summed E-state index contributed by atoms with van der Waals surface area (Å²) in [7, 11) is 0. The topological polar surface area (TPSA) is 244 Å². The second kappa shape index (κ2) is 20.5. The molecule has 0 unspecified atom stereocenters. The van der Waals surface area contributed by atoms with Crippen LogP contribution in [0.15, 0.2) is 156 Å². The molecule has 0 spiro atoms. The summed E-state index contributed by atoms with van der Waals surface area (Å²) < 4.78 is 37.0. The molecule has 0 fully saturated rings. The summed E-state index contributed by atoms with van der Waals surface area (Å²) in [5.41, 5.74) is -4.78. The number of thiophene rings is 2. The standard InChI is InChI=1S/C54H32N6O10S2/c55-25-37(26-56)59-45-23-43-47(71-45)39-22-42-40(21-41(39)53(69-43,49(61)65-29-33-13-5-1-6-14-33)50(62)66-30-34-15-7-2-8-16-34)48-44(24-46(72-48)60-38(27-57)28-58)70-54(42,51(63)67-31-35-17-9-3-10-18-35)52(64)68-32-36-19-11-4-12-20-36/h1-24H,29-32H2. The number of nitriles is 4. The van der Waals surface area contributed by atoms with Gasteiger partial charge in [0.05, 0.1) is 9.75 Å². The first-order valence-corrected chi connectivity index (χ1v) is 23.2. The molecule has 2 aliphatic rings. The van der Waals surface area contributed by atoms with Crippen molar-refractivity contribution in [2.75, 3.05) is 0 Å². The van der Waals surface area contributed by atoms with Crippen LogP contribution < -0.4 is 9.47 Å². The summed E-state index contributed by atoms with van der Waals surface area (Å²) >= 11 is 1.79. The molecule has 0 aliphatic carbocycles. The number of benzene rings is 5. The summed E-state index contributed by atoms with van der Waals surface area (Å²) in [5.74, 6) is -5.21. The third-order valence-electron chi connectivity index (χ3n) is 11.2. The van der Waals surface area contributed by atoms with Gasteiger partial charge in [-0.05, 0) is 34.4 Å². The lowest BCUT2D eigenvalue weighted by molar-refractivity contribution is -0.185. The average molecular weight is 989 g/mol. The fourth-order valence-corrected chi connectivity index (χ4v) is 9.79. The Morgan fingerprint density at radius 1 is 0.444 bits per heavy atom. The zero-order valence-corrected chi connectivity index (χ0v) is 38.9. The maximum Gasteiger partial charge on any atom is 0.367 e. The van der Waals surface area contributed by atoms with Gasteiger partial charge in [-0.2, -0.15) is 21.0 Å². The van der Waals surface area contributed by atoms with E-state index in [-0.39, 0.29) is 79.9 Å². The first-order valence-electron chi connectivity index (χ1n) is 21.6. The van der Waals surface area contributed by atoms with Crippen LogP contribution in [-0.2, 0) is 75.8 Å². The van der Waals surface area contributed by atoms with Gasteiger partial charge >= 0.3 is 35.1 Å². The van der Waals surface area contributed by atoms with Crippen LogP contribution in [0.25, 0.3) is 20.9 Å². The lowest BCUT2D eigenvalue weighted by Gasteiger charge is -2.39. The molecule has 0 saturated carbocycles. The first-order chi connectivity index (χ1) is 35.1. The van der Waals surface area contributed by atoms with Crippen molar-refractivity contribution in [3.8, 4) is 56.7 Å². The van der Waals surface area contributed by atoms with Crippen molar-refractivity contribution in [3.05, 3.63) is 179 Å². The molecule has 16 nitrogen and oxygen atoms in total. The Morgan fingerprint density at radius 2 is 0.722 bits per heavy atom. The van der Waals surface area contributed by atoms with E-state index in [9.17, 15) is 21.0 Å². The highest BCUT2D eigenvalue weighted by molar-refractivity contribution is 7.20. The van der Waals surface area contributed by atoms with Gasteiger partial charge in [-0.1, -0.05) is 121 Å². The third-order valence-corrected chi connectivity index (χ3v) is 13.3. The van der Waals surface area contributed by atoms with E-state index in [4.69, 9.17) is 28.4 Å². The molecule has 7 aromatic rings. The van der Waals surface area contributed by atoms with Crippen LogP contribution in [0.2, 0.25) is 0 Å². The lowest BCUT2D eigenvalue weighted by atomic mass is 9.78. The zero-order valence-electron chi connectivity index (χ0n) is 37.3. The highest BCUT2D eigenvalue weighted by atomic mass is 32.1. The Balaban J connectivity index is 1.32. The summed E-state index contributed by atoms with van der Waals surface area (Å²) in [6, 6.07) is 46.9. The number of ether oxygens (including phenoxy) is 6. The van der Waals surface area contributed by atoms with E-state index in [1.165, 1.54) is 24.3 Å². The molecule has 2 aliphatic heterocycles. The fourth-order valence-electron chi connectivity index (χ4n) is 7.80. The Labute approximate surface area is 418 Å². The zero-order chi connectivity index (χ0) is 50.2. The van der Waals surface area contributed by atoms with Gasteiger partial charge in [0.25, 0.3) is 0 Å². The highest BCUT2D eigenvalue weighted by Crippen LogP contribution is 2.59. The highest BCUT2D eigenvalue weighted by Gasteiger charge is 2.62. The van der Waals surface area contributed by atoms with E-state index in [1.54, 1.807) is 146 Å². The van der Waals surface area contributed by atoms with Crippen molar-refractivity contribution in [1.29, 1.82) is 21.0 Å². The Morgan fingerprint density at radius 3 is 0.986 bits per heavy atom. The number of hydrogen-bond acceptors (Lipinski definition) is 18. The molecule has 0 saturated heterocycles. The number of nitrogens with zero attached hydrogens (tertiary/aromatic N) is 6. The van der Waals surface area contributed by atoms with Gasteiger partial charge in [0, 0.05) is 34.4 Å². The molecule has 0 bridgehead atoms. The summed E-state index contributed by atoms with van der Waals surface area (Å²) in [6.07, 6.45) is 0. The molecule has 18 heteroatoms. The normalized spacial score (nSPS) is 12.7. The average Bonchev–Trinajstić information content (AvgIpc) is 4.04. The number of aliphatic imine (C=N–C) groups is 2. The molecule has 4 heterocycles. The Bertz CT molecular complexity index is 3140. The smallest absolute Gasteiger partial charge is 0.367 e. The quantitative estimate of drug-likeness (QED) is 0.0426. The van der Waals surface area contributed by atoms with Gasteiger partial charge in [-0.25, -0.2) is 29.2 Å². The molecular weight excluding hydrogens is 957 g/mol. The minimum Gasteiger partial charge on any atom is -0.458 e. The van der Waals surface area contributed by atoms with Gasteiger partial charge < -0.3 is 28.4 Å².